The third kappa shape index (κ3) is 3.59. The number of benzene rings is 1. The van der Waals surface area contributed by atoms with Gasteiger partial charge < -0.3 is 14.3 Å². The lowest BCUT2D eigenvalue weighted by molar-refractivity contribution is -0.131. The van der Waals surface area contributed by atoms with Gasteiger partial charge in [-0.3, -0.25) is 14.9 Å². The fourth-order valence-corrected chi connectivity index (χ4v) is 4.45. The van der Waals surface area contributed by atoms with Gasteiger partial charge in [0, 0.05) is 11.9 Å². The number of likely N-dealkylation sites (tertiary alicyclic amines) is 1. The molecule has 152 valence electrons. The molecule has 5 rings (SSSR count). The van der Waals surface area contributed by atoms with Crippen molar-refractivity contribution in [3.05, 3.63) is 65.3 Å². The first-order valence-electron chi connectivity index (χ1n) is 9.71. The second kappa shape index (κ2) is 7.75. The Kier molecular flexibility index (Phi) is 4.80. The maximum atomic E-state index is 13.0. The van der Waals surface area contributed by atoms with Crippen LogP contribution in [0.15, 0.2) is 52.5 Å². The van der Waals surface area contributed by atoms with E-state index in [2.05, 4.69) is 20.3 Å². The van der Waals surface area contributed by atoms with Crippen molar-refractivity contribution >= 4 is 39.3 Å². The van der Waals surface area contributed by atoms with Crippen LogP contribution in [-0.2, 0) is 11.2 Å². The van der Waals surface area contributed by atoms with Crippen molar-refractivity contribution in [2.75, 3.05) is 11.9 Å². The van der Waals surface area contributed by atoms with Gasteiger partial charge in [-0.2, -0.15) is 0 Å². The lowest BCUT2D eigenvalue weighted by Gasteiger charge is -2.22. The normalized spacial score (nSPS) is 16.3. The van der Waals surface area contributed by atoms with Gasteiger partial charge in [0.1, 0.15) is 5.82 Å². The fourth-order valence-electron chi connectivity index (χ4n) is 3.75. The van der Waals surface area contributed by atoms with E-state index in [1.54, 1.807) is 17.5 Å². The summed E-state index contributed by atoms with van der Waals surface area (Å²) in [7, 11) is 0. The molecule has 1 aliphatic heterocycles. The van der Waals surface area contributed by atoms with E-state index in [9.17, 15) is 9.59 Å². The number of H-pyrrole nitrogens is 1. The van der Waals surface area contributed by atoms with Crippen LogP contribution in [0.2, 0.25) is 0 Å². The predicted octanol–water partition coefficient (Wildman–Crippen LogP) is 3.77. The van der Waals surface area contributed by atoms with Crippen LogP contribution in [0.5, 0.6) is 0 Å². The number of amides is 2. The van der Waals surface area contributed by atoms with Crippen LogP contribution in [0.3, 0.4) is 0 Å². The van der Waals surface area contributed by atoms with Crippen LogP contribution in [-0.4, -0.2) is 38.2 Å². The number of aromatic amines is 1. The Bertz CT molecular complexity index is 1160. The summed E-state index contributed by atoms with van der Waals surface area (Å²) in [6.07, 6.45) is 3.45. The number of nitrogens with one attached hydrogen (secondary N) is 2. The summed E-state index contributed by atoms with van der Waals surface area (Å²) in [5.41, 5.74) is 2.52. The molecular weight excluding hydrogens is 402 g/mol. The molecule has 1 saturated heterocycles. The molecule has 0 radical (unpaired) electrons. The molecule has 2 amide bonds. The zero-order chi connectivity index (χ0) is 20.5. The van der Waals surface area contributed by atoms with Crippen molar-refractivity contribution in [3.8, 4) is 0 Å². The van der Waals surface area contributed by atoms with Gasteiger partial charge in [0.25, 0.3) is 5.91 Å². The molecule has 3 aromatic heterocycles. The number of carbonyl (C=O) groups is 2. The average Bonchev–Trinajstić information content (AvgIpc) is 3.53. The topological polar surface area (TPSA) is 104 Å². The molecule has 9 heteroatoms. The van der Waals surface area contributed by atoms with Gasteiger partial charge in [-0.15, -0.1) is 11.3 Å². The Labute approximate surface area is 175 Å². The van der Waals surface area contributed by atoms with Crippen molar-refractivity contribution in [3.63, 3.8) is 0 Å². The molecule has 1 aliphatic rings. The molecule has 0 bridgehead atoms. The van der Waals surface area contributed by atoms with Gasteiger partial charge in [-0.05, 0) is 37.1 Å². The first kappa shape index (κ1) is 18.6. The van der Waals surface area contributed by atoms with Gasteiger partial charge >= 0.3 is 0 Å². The van der Waals surface area contributed by atoms with Crippen molar-refractivity contribution in [1.82, 2.24) is 19.9 Å². The largest absolute Gasteiger partial charge is 0.459 e. The highest BCUT2D eigenvalue weighted by molar-refractivity contribution is 7.14. The van der Waals surface area contributed by atoms with Crippen LogP contribution >= 0.6 is 11.3 Å². The maximum absolute atomic E-state index is 13.0. The number of fused-ring (bicyclic) bond motifs is 1. The Morgan fingerprint density at radius 2 is 2.13 bits per heavy atom. The van der Waals surface area contributed by atoms with Gasteiger partial charge in [0.2, 0.25) is 5.91 Å². The van der Waals surface area contributed by atoms with E-state index in [0.29, 0.717) is 17.4 Å². The highest BCUT2D eigenvalue weighted by atomic mass is 32.1. The molecule has 0 aliphatic carbocycles. The molecular formula is C21H19N5O3S. The smallest absolute Gasteiger partial charge is 0.293 e. The first-order valence-corrected chi connectivity index (χ1v) is 10.6. The summed E-state index contributed by atoms with van der Waals surface area (Å²) in [5.74, 6) is 0.684. The summed E-state index contributed by atoms with van der Waals surface area (Å²) in [5, 5.41) is 4.92. The summed E-state index contributed by atoms with van der Waals surface area (Å²) in [4.78, 5) is 39.3. The third-order valence-electron chi connectivity index (χ3n) is 5.15. The van der Waals surface area contributed by atoms with Gasteiger partial charge in [-0.25, -0.2) is 9.97 Å². The Morgan fingerprint density at radius 3 is 2.97 bits per heavy atom. The number of hydrogen-bond donors (Lipinski definition) is 2. The number of para-hydroxylation sites is 2. The van der Waals surface area contributed by atoms with Crippen LogP contribution in [0.1, 0.15) is 41.0 Å². The lowest BCUT2D eigenvalue weighted by Crippen LogP contribution is -2.32. The minimum atomic E-state index is -0.364. The SMILES string of the molecule is O=C(Nc1nc(CC(=O)N2CCC[C@H]2c2nc3ccccc3[nH]2)cs1)c1ccco1. The van der Waals surface area contributed by atoms with Crippen LogP contribution in [0, 0.1) is 0 Å². The standard InChI is InChI=1S/C21H19N5O3S/c27-18(11-13-12-30-21(22-13)25-20(28)17-8-4-10-29-17)26-9-3-7-16(26)19-23-14-5-1-2-6-15(14)24-19/h1-2,4-6,8,10,12,16H,3,7,9,11H2,(H,23,24)(H,22,25,28)/t16-/m0/s1. The number of aromatic nitrogens is 3. The Hall–Kier alpha value is -3.46. The van der Waals surface area contributed by atoms with E-state index in [1.807, 2.05) is 29.2 Å². The number of anilines is 1. The summed E-state index contributed by atoms with van der Waals surface area (Å²) < 4.78 is 5.08. The second-order valence-electron chi connectivity index (χ2n) is 7.14. The zero-order valence-corrected chi connectivity index (χ0v) is 16.8. The van der Waals surface area contributed by atoms with Crippen LogP contribution < -0.4 is 5.32 Å². The van der Waals surface area contributed by atoms with E-state index < -0.39 is 0 Å². The van der Waals surface area contributed by atoms with Gasteiger partial charge in [-0.1, -0.05) is 12.1 Å². The van der Waals surface area contributed by atoms with E-state index in [-0.39, 0.29) is 30.0 Å². The number of furan rings is 1. The Balaban J connectivity index is 1.27. The molecule has 0 spiro atoms. The van der Waals surface area contributed by atoms with Crippen molar-refractivity contribution in [1.29, 1.82) is 0 Å². The summed E-state index contributed by atoms with van der Waals surface area (Å²) in [6.45, 7) is 0.701. The molecule has 1 aromatic carbocycles. The van der Waals surface area contributed by atoms with Gasteiger partial charge in [0.15, 0.2) is 10.9 Å². The maximum Gasteiger partial charge on any atom is 0.293 e. The van der Waals surface area contributed by atoms with Gasteiger partial charge in [0.05, 0.1) is 35.5 Å². The molecule has 0 unspecified atom stereocenters. The third-order valence-corrected chi connectivity index (χ3v) is 5.95. The van der Waals surface area contributed by atoms with Crippen LogP contribution in [0.4, 0.5) is 5.13 Å². The molecule has 1 atom stereocenters. The summed E-state index contributed by atoms with van der Waals surface area (Å²) >= 11 is 1.29. The minimum Gasteiger partial charge on any atom is -0.459 e. The predicted molar refractivity (Wildman–Crippen MR) is 112 cm³/mol. The fraction of sp³-hybridized carbons (Fsp3) is 0.238. The highest BCUT2D eigenvalue weighted by Gasteiger charge is 2.32. The number of thiazole rings is 1. The average molecular weight is 421 g/mol. The number of imidazole rings is 1. The van der Waals surface area contributed by atoms with Crippen LogP contribution in [0.25, 0.3) is 11.0 Å². The first-order chi connectivity index (χ1) is 14.7. The van der Waals surface area contributed by atoms with Crippen molar-refractivity contribution in [2.24, 2.45) is 0 Å². The minimum absolute atomic E-state index is 0.00664. The Morgan fingerprint density at radius 1 is 1.23 bits per heavy atom. The lowest BCUT2D eigenvalue weighted by atomic mass is 10.2. The molecule has 30 heavy (non-hydrogen) atoms. The molecule has 2 N–H and O–H groups in total. The zero-order valence-electron chi connectivity index (χ0n) is 16.0. The van der Waals surface area contributed by atoms with E-state index in [0.717, 1.165) is 29.7 Å². The van der Waals surface area contributed by atoms with E-state index in [4.69, 9.17) is 4.42 Å². The molecule has 8 nitrogen and oxygen atoms in total. The number of nitrogens with zero attached hydrogens (tertiary/aromatic N) is 3. The number of hydrogen-bond acceptors (Lipinski definition) is 6. The second-order valence-corrected chi connectivity index (χ2v) is 7.99. The van der Waals surface area contributed by atoms with Crippen molar-refractivity contribution in [2.45, 2.75) is 25.3 Å². The van der Waals surface area contributed by atoms with Crippen molar-refractivity contribution < 1.29 is 14.0 Å². The number of rotatable bonds is 5. The molecule has 4 heterocycles. The highest BCUT2D eigenvalue weighted by Crippen LogP contribution is 2.32. The number of carbonyl (C=O) groups excluding carboxylic acids is 2. The van der Waals surface area contributed by atoms with E-state index >= 15 is 0 Å². The molecule has 4 aromatic rings. The summed E-state index contributed by atoms with van der Waals surface area (Å²) in [6, 6.07) is 11.0. The van der Waals surface area contributed by atoms with E-state index in [1.165, 1.54) is 17.6 Å². The molecule has 1 fully saturated rings. The molecule has 0 saturated carbocycles. The monoisotopic (exact) mass is 421 g/mol. The quantitative estimate of drug-likeness (QED) is 0.510.